The monoisotopic (exact) mass is 319 g/mol. The van der Waals surface area contributed by atoms with Crippen molar-refractivity contribution in [2.45, 2.75) is 13.5 Å². The lowest BCUT2D eigenvalue weighted by molar-refractivity contribution is 0.157. The van der Waals surface area contributed by atoms with Gasteiger partial charge in [0.05, 0.1) is 17.7 Å². The minimum Gasteiger partial charge on any atom is -0.376 e. The van der Waals surface area contributed by atoms with Gasteiger partial charge in [0.25, 0.3) is 0 Å². The second-order valence-electron chi connectivity index (χ2n) is 4.01. The van der Waals surface area contributed by atoms with Gasteiger partial charge in [-0.3, -0.25) is 0 Å². The molecule has 1 N–H and O–H groups in total. The molecule has 0 spiro atoms. The molecule has 0 atom stereocenters. The molecule has 0 aromatic heterocycles. The van der Waals surface area contributed by atoms with Crippen LogP contribution >= 0.6 is 15.9 Å². The van der Waals surface area contributed by atoms with E-state index in [1.807, 2.05) is 6.92 Å². The molecule has 100 valence electrons. The van der Waals surface area contributed by atoms with Gasteiger partial charge in [0.2, 0.25) is 0 Å². The van der Waals surface area contributed by atoms with Crippen molar-refractivity contribution in [3.05, 3.63) is 46.0 Å². The summed E-state index contributed by atoms with van der Waals surface area (Å²) < 4.78 is 32.5. The van der Waals surface area contributed by atoms with Crippen LogP contribution in [0.1, 0.15) is 12.5 Å². The fourth-order valence-electron chi connectivity index (χ4n) is 1.34. The van der Waals surface area contributed by atoms with Crippen LogP contribution in [0.3, 0.4) is 0 Å². The molecule has 1 aromatic rings. The van der Waals surface area contributed by atoms with E-state index < -0.39 is 11.6 Å². The van der Waals surface area contributed by atoms with Crippen molar-refractivity contribution in [1.82, 2.24) is 5.32 Å². The number of nitrogens with one attached hydrogen (secondary N) is 1. The van der Waals surface area contributed by atoms with Crippen LogP contribution in [0.2, 0.25) is 0 Å². The van der Waals surface area contributed by atoms with Crippen molar-refractivity contribution < 1.29 is 13.5 Å². The summed E-state index contributed by atoms with van der Waals surface area (Å²) in [5, 5.41) is 2.93. The Morgan fingerprint density at radius 1 is 1.44 bits per heavy atom. The summed E-state index contributed by atoms with van der Waals surface area (Å²) in [6, 6.07) is 2.59. The lowest BCUT2D eigenvalue weighted by atomic mass is 10.2. The van der Waals surface area contributed by atoms with Crippen LogP contribution in [-0.2, 0) is 11.3 Å². The average molecular weight is 320 g/mol. The Hall–Kier alpha value is -0.780. The highest BCUT2D eigenvalue weighted by atomic mass is 79.9. The van der Waals surface area contributed by atoms with Crippen LogP contribution in [0.5, 0.6) is 0 Å². The second-order valence-corrected chi connectivity index (χ2v) is 4.86. The highest BCUT2D eigenvalue weighted by Crippen LogP contribution is 2.21. The molecular formula is C13H16BrF2NO. The predicted octanol–water partition coefficient (Wildman–Crippen LogP) is 3.41. The molecule has 2 nitrogen and oxygen atoms in total. The predicted molar refractivity (Wildman–Crippen MR) is 71.4 cm³/mol. The van der Waals surface area contributed by atoms with Crippen molar-refractivity contribution in [2.24, 2.45) is 0 Å². The van der Waals surface area contributed by atoms with Crippen molar-refractivity contribution >= 4 is 15.9 Å². The fraction of sp³-hybridized carbons (Fsp3) is 0.385. The van der Waals surface area contributed by atoms with Gasteiger partial charge in [0.15, 0.2) is 0 Å². The third-order valence-corrected chi connectivity index (χ3v) is 2.82. The minimum atomic E-state index is -0.564. The van der Waals surface area contributed by atoms with E-state index in [-0.39, 0.29) is 16.6 Å². The number of hydrogen-bond acceptors (Lipinski definition) is 2. The van der Waals surface area contributed by atoms with E-state index in [4.69, 9.17) is 4.74 Å². The van der Waals surface area contributed by atoms with Gasteiger partial charge >= 0.3 is 0 Å². The summed E-state index contributed by atoms with van der Waals surface area (Å²) in [4.78, 5) is 0. The van der Waals surface area contributed by atoms with Crippen LogP contribution < -0.4 is 5.32 Å². The summed E-state index contributed by atoms with van der Waals surface area (Å²) in [6.07, 6.45) is 0. The lowest BCUT2D eigenvalue weighted by Crippen LogP contribution is -2.21. The molecule has 18 heavy (non-hydrogen) atoms. The molecule has 0 saturated carbocycles. The van der Waals surface area contributed by atoms with E-state index in [9.17, 15) is 8.78 Å². The maximum absolute atomic E-state index is 13.6. The standard InChI is InChI=1S/C13H16BrF2NO/c1-9(2)8-18-6-5-17-7-10-12(15)4-3-11(14)13(10)16/h3-4,17H,1,5-8H2,2H3. The van der Waals surface area contributed by atoms with Gasteiger partial charge in [0, 0.05) is 18.7 Å². The third kappa shape index (κ3) is 4.84. The summed E-state index contributed by atoms with van der Waals surface area (Å²) in [6.45, 7) is 7.21. The number of benzene rings is 1. The number of halogens is 3. The van der Waals surface area contributed by atoms with Crippen molar-refractivity contribution in [3.8, 4) is 0 Å². The van der Waals surface area contributed by atoms with Crippen LogP contribution in [0.15, 0.2) is 28.8 Å². The first kappa shape index (κ1) is 15.3. The Morgan fingerprint density at radius 3 is 2.83 bits per heavy atom. The van der Waals surface area contributed by atoms with Gasteiger partial charge < -0.3 is 10.1 Å². The van der Waals surface area contributed by atoms with Gasteiger partial charge in [-0.1, -0.05) is 12.2 Å². The summed E-state index contributed by atoms with van der Waals surface area (Å²) in [7, 11) is 0. The topological polar surface area (TPSA) is 21.3 Å². The highest BCUT2D eigenvalue weighted by molar-refractivity contribution is 9.10. The zero-order valence-corrected chi connectivity index (χ0v) is 11.8. The lowest BCUT2D eigenvalue weighted by Gasteiger charge is -2.08. The van der Waals surface area contributed by atoms with Gasteiger partial charge in [-0.05, 0) is 35.0 Å². The first-order valence-corrected chi connectivity index (χ1v) is 6.37. The van der Waals surface area contributed by atoms with Gasteiger partial charge in [0.1, 0.15) is 11.6 Å². The Morgan fingerprint density at radius 2 is 2.17 bits per heavy atom. The zero-order chi connectivity index (χ0) is 13.5. The van der Waals surface area contributed by atoms with Crippen LogP contribution in [0.25, 0.3) is 0 Å². The summed E-state index contributed by atoms with van der Waals surface area (Å²) in [5.41, 5.74) is 0.975. The second kappa shape index (κ2) is 7.61. The summed E-state index contributed by atoms with van der Waals surface area (Å²) >= 11 is 3.03. The van der Waals surface area contributed by atoms with E-state index in [2.05, 4.69) is 27.8 Å². The van der Waals surface area contributed by atoms with Crippen LogP contribution in [0, 0.1) is 11.6 Å². The average Bonchev–Trinajstić information content (AvgIpc) is 2.32. The molecular weight excluding hydrogens is 304 g/mol. The molecule has 5 heteroatoms. The smallest absolute Gasteiger partial charge is 0.144 e. The van der Waals surface area contributed by atoms with Crippen LogP contribution in [-0.4, -0.2) is 19.8 Å². The third-order valence-electron chi connectivity index (χ3n) is 2.21. The fourth-order valence-corrected chi connectivity index (χ4v) is 1.71. The normalized spacial score (nSPS) is 10.7. The summed E-state index contributed by atoms with van der Waals surface area (Å²) in [5.74, 6) is -1.11. The van der Waals surface area contributed by atoms with Crippen molar-refractivity contribution in [1.29, 1.82) is 0 Å². The first-order chi connectivity index (χ1) is 8.52. The van der Waals surface area contributed by atoms with E-state index in [0.29, 0.717) is 19.8 Å². The number of hydrogen-bond donors (Lipinski definition) is 1. The highest BCUT2D eigenvalue weighted by Gasteiger charge is 2.11. The van der Waals surface area contributed by atoms with Crippen LogP contribution in [0.4, 0.5) is 8.78 Å². The van der Waals surface area contributed by atoms with Gasteiger partial charge in [-0.15, -0.1) is 0 Å². The minimum absolute atomic E-state index is 0.0317. The van der Waals surface area contributed by atoms with E-state index in [0.717, 1.165) is 5.57 Å². The molecule has 0 radical (unpaired) electrons. The maximum Gasteiger partial charge on any atom is 0.144 e. The molecule has 0 amide bonds. The first-order valence-electron chi connectivity index (χ1n) is 5.57. The Kier molecular flexibility index (Phi) is 6.46. The van der Waals surface area contributed by atoms with E-state index >= 15 is 0 Å². The molecule has 0 unspecified atom stereocenters. The van der Waals surface area contributed by atoms with Gasteiger partial charge in [-0.2, -0.15) is 0 Å². The number of ether oxygens (including phenoxy) is 1. The maximum atomic E-state index is 13.6. The van der Waals surface area contributed by atoms with Gasteiger partial charge in [-0.25, -0.2) is 8.78 Å². The molecule has 1 rings (SSSR count). The molecule has 0 aliphatic rings. The van der Waals surface area contributed by atoms with E-state index in [1.165, 1.54) is 12.1 Å². The Balaban J connectivity index is 2.36. The molecule has 1 aromatic carbocycles. The Bertz CT molecular complexity index is 424. The van der Waals surface area contributed by atoms with Crippen molar-refractivity contribution in [3.63, 3.8) is 0 Å². The molecule has 0 fully saturated rings. The van der Waals surface area contributed by atoms with E-state index in [1.54, 1.807) is 0 Å². The van der Waals surface area contributed by atoms with Crippen molar-refractivity contribution in [2.75, 3.05) is 19.8 Å². The SMILES string of the molecule is C=C(C)COCCNCc1c(F)ccc(Br)c1F. The zero-order valence-electron chi connectivity index (χ0n) is 10.2. The number of rotatable bonds is 7. The molecule has 0 aliphatic heterocycles. The largest absolute Gasteiger partial charge is 0.376 e. The molecule has 0 aliphatic carbocycles. The quantitative estimate of drug-likeness (QED) is 0.472. The molecule has 0 heterocycles. The molecule has 0 saturated heterocycles. The molecule has 0 bridgehead atoms. The Labute approximate surface area is 114 Å².